The van der Waals surface area contributed by atoms with E-state index in [1.54, 1.807) is 0 Å². The van der Waals surface area contributed by atoms with E-state index >= 15 is 0 Å². The van der Waals surface area contributed by atoms with Crippen molar-refractivity contribution in [2.45, 2.75) is 26.2 Å². The van der Waals surface area contributed by atoms with Crippen LogP contribution in [0.1, 0.15) is 26.2 Å². The van der Waals surface area contributed by atoms with Crippen molar-refractivity contribution in [1.82, 2.24) is 0 Å². The number of hydrogen-bond donors (Lipinski definition) is 0. The first-order valence-electron chi connectivity index (χ1n) is 4.68. The van der Waals surface area contributed by atoms with Crippen LogP contribution in [0.4, 0.5) is 0 Å². The second kappa shape index (κ2) is 4.94. The first kappa shape index (κ1) is 11.7. The molecule has 0 heterocycles. The number of nitrogens with zero attached hydrogens (tertiary/aromatic N) is 2. The van der Waals surface area contributed by atoms with Gasteiger partial charge in [0.15, 0.2) is 5.71 Å². The van der Waals surface area contributed by atoms with E-state index in [0.29, 0.717) is 0 Å². The number of allylic oxidation sites excluding steroid dienone is 2. The Hall–Kier alpha value is -1.35. The smallest absolute Gasteiger partial charge is 0.267 e. The predicted molar refractivity (Wildman–Crippen MR) is 55.5 cm³/mol. The van der Waals surface area contributed by atoms with Crippen LogP contribution in [0.5, 0.6) is 0 Å². The van der Waals surface area contributed by atoms with E-state index in [1.807, 2.05) is 12.1 Å². The summed E-state index contributed by atoms with van der Waals surface area (Å²) in [6.07, 6.45) is 4.50. The van der Waals surface area contributed by atoms with Crippen LogP contribution >= 0.6 is 0 Å². The first-order chi connectivity index (χ1) is 7.09. The van der Waals surface area contributed by atoms with Crippen molar-refractivity contribution >= 4 is 15.8 Å². The lowest BCUT2D eigenvalue weighted by Gasteiger charge is -1.99. The van der Waals surface area contributed by atoms with Crippen LogP contribution in [0.25, 0.3) is 0 Å². The maximum absolute atomic E-state index is 11.0. The van der Waals surface area contributed by atoms with Gasteiger partial charge >= 0.3 is 10.1 Å². The van der Waals surface area contributed by atoms with Crippen molar-refractivity contribution in [2.75, 3.05) is 5.75 Å². The molecule has 0 atom stereocenters. The molecule has 15 heavy (non-hydrogen) atoms. The molecule has 0 N–H and O–H groups in total. The molecule has 0 spiro atoms. The van der Waals surface area contributed by atoms with E-state index in [9.17, 15) is 8.42 Å². The minimum Gasteiger partial charge on any atom is -0.267 e. The van der Waals surface area contributed by atoms with Gasteiger partial charge in [0.25, 0.3) is 0 Å². The summed E-state index contributed by atoms with van der Waals surface area (Å²) in [6.45, 7) is 1.45. The molecule has 1 rings (SSSR count). The molecular weight excluding hydrogens is 216 g/mol. The fourth-order valence-corrected chi connectivity index (χ4v) is 1.48. The van der Waals surface area contributed by atoms with Crippen molar-refractivity contribution in [3.05, 3.63) is 11.6 Å². The van der Waals surface area contributed by atoms with Crippen molar-refractivity contribution in [3.63, 3.8) is 0 Å². The van der Waals surface area contributed by atoms with Crippen molar-refractivity contribution in [1.29, 1.82) is 5.26 Å². The standard InChI is InChI=1S/C9H12N2O3S/c1-2-15(12,13)14-11-9(7-10)8-5-3-4-6-8/h5H,2-4,6H2,1H3. The monoisotopic (exact) mass is 228 g/mol. The Bertz CT molecular complexity index is 429. The Balaban J connectivity index is 2.76. The van der Waals surface area contributed by atoms with Crippen LogP contribution in [-0.4, -0.2) is 19.9 Å². The maximum atomic E-state index is 11.0. The average molecular weight is 228 g/mol. The highest BCUT2D eigenvalue weighted by atomic mass is 32.2. The maximum Gasteiger partial charge on any atom is 0.328 e. The molecule has 0 aliphatic heterocycles. The normalized spacial score (nSPS) is 17.1. The SMILES string of the molecule is CCS(=O)(=O)ON=C(C#N)C1=CCCC1. The van der Waals surface area contributed by atoms with Crippen LogP contribution in [-0.2, 0) is 14.4 Å². The quantitative estimate of drug-likeness (QED) is 0.537. The molecule has 0 fully saturated rings. The summed E-state index contributed by atoms with van der Waals surface area (Å²) < 4.78 is 26.3. The van der Waals surface area contributed by atoms with Crippen molar-refractivity contribution < 1.29 is 12.7 Å². The molecule has 0 amide bonds. The van der Waals surface area contributed by atoms with Gasteiger partial charge in [0.05, 0.1) is 5.75 Å². The van der Waals surface area contributed by atoms with Crippen LogP contribution in [0.15, 0.2) is 16.8 Å². The van der Waals surface area contributed by atoms with Gasteiger partial charge in [-0.1, -0.05) is 11.2 Å². The molecule has 5 nitrogen and oxygen atoms in total. The van der Waals surface area contributed by atoms with E-state index in [4.69, 9.17) is 5.26 Å². The third-order valence-electron chi connectivity index (χ3n) is 2.05. The van der Waals surface area contributed by atoms with E-state index < -0.39 is 10.1 Å². The second-order valence-corrected chi connectivity index (χ2v) is 4.94. The van der Waals surface area contributed by atoms with Gasteiger partial charge in [-0.3, -0.25) is 4.28 Å². The number of rotatable bonds is 4. The molecule has 0 aromatic carbocycles. The van der Waals surface area contributed by atoms with Gasteiger partial charge in [-0.25, -0.2) is 0 Å². The molecule has 1 aliphatic carbocycles. The molecular formula is C9H12N2O3S. The van der Waals surface area contributed by atoms with Gasteiger partial charge in [0, 0.05) is 0 Å². The minimum absolute atomic E-state index is 0.0597. The molecule has 1 aliphatic rings. The highest BCUT2D eigenvalue weighted by Gasteiger charge is 2.14. The first-order valence-corrected chi connectivity index (χ1v) is 6.25. The van der Waals surface area contributed by atoms with Gasteiger partial charge in [-0.2, -0.15) is 13.7 Å². The summed E-state index contributed by atoms with van der Waals surface area (Å²) in [7, 11) is -3.62. The zero-order valence-electron chi connectivity index (χ0n) is 8.43. The largest absolute Gasteiger partial charge is 0.328 e. The Morgan fingerprint density at radius 1 is 1.73 bits per heavy atom. The molecule has 6 heteroatoms. The van der Waals surface area contributed by atoms with E-state index in [2.05, 4.69) is 9.44 Å². The molecule has 0 unspecified atom stereocenters. The Morgan fingerprint density at radius 3 is 2.93 bits per heavy atom. The summed E-state index contributed by atoms with van der Waals surface area (Å²) >= 11 is 0. The Labute approximate surface area is 89.2 Å². The number of oxime groups is 1. The van der Waals surface area contributed by atoms with Gasteiger partial charge in [-0.15, -0.1) is 0 Å². The van der Waals surface area contributed by atoms with Crippen molar-refractivity contribution in [2.24, 2.45) is 5.16 Å². The third kappa shape index (κ3) is 3.36. The summed E-state index contributed by atoms with van der Waals surface area (Å²) in [5.41, 5.74) is 0.827. The zero-order valence-corrected chi connectivity index (χ0v) is 9.25. The second-order valence-electron chi connectivity index (χ2n) is 3.09. The topological polar surface area (TPSA) is 79.5 Å². The lowest BCUT2D eigenvalue weighted by atomic mass is 10.1. The Morgan fingerprint density at radius 2 is 2.47 bits per heavy atom. The highest BCUT2D eigenvalue weighted by Crippen LogP contribution is 2.19. The van der Waals surface area contributed by atoms with E-state index in [-0.39, 0.29) is 11.5 Å². The summed E-state index contributed by atoms with van der Waals surface area (Å²) in [6, 6.07) is 1.83. The van der Waals surface area contributed by atoms with Crippen LogP contribution in [0, 0.1) is 11.3 Å². The summed E-state index contributed by atoms with van der Waals surface area (Å²) in [5.74, 6) is -0.158. The van der Waals surface area contributed by atoms with E-state index in [1.165, 1.54) is 6.92 Å². The van der Waals surface area contributed by atoms with Crippen LogP contribution in [0.3, 0.4) is 0 Å². The fraction of sp³-hybridized carbons (Fsp3) is 0.556. The zero-order chi connectivity index (χ0) is 11.3. The molecule has 0 saturated carbocycles. The van der Waals surface area contributed by atoms with Crippen LogP contribution in [0.2, 0.25) is 0 Å². The summed E-state index contributed by atoms with van der Waals surface area (Å²) in [4.78, 5) is 0. The minimum atomic E-state index is -3.62. The predicted octanol–water partition coefficient (Wildman–Crippen LogP) is 1.34. The van der Waals surface area contributed by atoms with Gasteiger partial charge in [0.2, 0.25) is 0 Å². The molecule has 0 aromatic heterocycles. The Kier molecular flexibility index (Phi) is 3.86. The molecule has 0 aromatic rings. The van der Waals surface area contributed by atoms with Crippen LogP contribution < -0.4 is 0 Å². The van der Waals surface area contributed by atoms with Gasteiger partial charge < -0.3 is 0 Å². The fourth-order valence-electron chi connectivity index (χ4n) is 1.18. The lowest BCUT2D eigenvalue weighted by Crippen LogP contribution is -2.07. The number of hydrogen-bond acceptors (Lipinski definition) is 5. The van der Waals surface area contributed by atoms with Gasteiger partial charge in [0.1, 0.15) is 6.07 Å². The van der Waals surface area contributed by atoms with Gasteiger partial charge in [-0.05, 0) is 31.8 Å². The molecule has 0 bridgehead atoms. The van der Waals surface area contributed by atoms with Crippen molar-refractivity contribution in [3.8, 4) is 6.07 Å². The molecule has 0 radical (unpaired) electrons. The molecule has 82 valence electrons. The highest BCUT2D eigenvalue weighted by molar-refractivity contribution is 7.86. The third-order valence-corrected chi connectivity index (χ3v) is 3.06. The average Bonchev–Trinajstić information content (AvgIpc) is 2.72. The molecule has 0 saturated heterocycles. The lowest BCUT2D eigenvalue weighted by molar-refractivity contribution is 0.340. The van der Waals surface area contributed by atoms with E-state index in [0.717, 1.165) is 24.8 Å². The number of nitriles is 1. The summed E-state index contributed by atoms with van der Waals surface area (Å²) in [5, 5.41) is 12.1.